The fourth-order valence-corrected chi connectivity index (χ4v) is 1.95. The number of aryl methyl sites for hydroxylation is 1. The van der Waals surface area contributed by atoms with Crippen LogP contribution in [0.1, 0.15) is 31.7 Å². The van der Waals surface area contributed by atoms with Crippen molar-refractivity contribution in [3.8, 4) is 5.75 Å². The Morgan fingerprint density at radius 3 is 2.81 bits per heavy atom. The van der Waals surface area contributed by atoms with Crippen molar-refractivity contribution >= 4 is 15.9 Å². The second-order valence-corrected chi connectivity index (χ2v) is 5.13. The molecule has 0 radical (unpaired) electrons. The maximum atomic E-state index is 13.7. The molecule has 1 rings (SSSR count). The number of ether oxygens (including phenoxy) is 1. The van der Waals surface area contributed by atoms with Gasteiger partial charge in [-0.1, -0.05) is 35.0 Å². The van der Waals surface area contributed by atoms with Crippen LogP contribution >= 0.6 is 15.9 Å². The number of benzene rings is 1. The molecule has 16 heavy (non-hydrogen) atoms. The highest BCUT2D eigenvalue weighted by atomic mass is 79.9. The molecule has 3 heteroatoms. The molecular weight excluding hydrogens is 271 g/mol. The number of methoxy groups -OCH3 is 1. The van der Waals surface area contributed by atoms with Crippen molar-refractivity contribution in [1.29, 1.82) is 0 Å². The summed E-state index contributed by atoms with van der Waals surface area (Å²) in [6.07, 6.45) is 3.95. The molecule has 0 aliphatic carbocycles. The highest BCUT2D eigenvalue weighted by Gasteiger charge is 2.08. The second kappa shape index (κ2) is 6.89. The van der Waals surface area contributed by atoms with Gasteiger partial charge in [0.1, 0.15) is 0 Å². The Bertz CT molecular complexity index is 328. The Labute approximate surface area is 105 Å². The van der Waals surface area contributed by atoms with E-state index in [2.05, 4.69) is 22.9 Å². The molecule has 0 aliphatic rings. The molecule has 1 atom stereocenters. The fraction of sp³-hybridized carbons (Fsp3) is 0.538. The first kappa shape index (κ1) is 13.5. The highest BCUT2D eigenvalue weighted by molar-refractivity contribution is 9.09. The normalized spacial score (nSPS) is 12.5. The van der Waals surface area contributed by atoms with Gasteiger partial charge in [-0.15, -0.1) is 0 Å². The van der Waals surface area contributed by atoms with Gasteiger partial charge in [0, 0.05) is 4.83 Å². The molecule has 0 N–H and O–H groups in total. The van der Waals surface area contributed by atoms with Gasteiger partial charge in [-0.05, 0) is 37.3 Å². The molecule has 90 valence electrons. The van der Waals surface area contributed by atoms with Gasteiger partial charge in [0.2, 0.25) is 0 Å². The minimum atomic E-state index is -0.215. The third-order valence-corrected chi connectivity index (χ3v) is 3.77. The monoisotopic (exact) mass is 288 g/mol. The number of hydrogen-bond acceptors (Lipinski definition) is 1. The zero-order chi connectivity index (χ0) is 12.0. The van der Waals surface area contributed by atoms with Crippen LogP contribution in [0.4, 0.5) is 4.39 Å². The van der Waals surface area contributed by atoms with Crippen LogP contribution < -0.4 is 4.74 Å². The lowest BCUT2D eigenvalue weighted by Gasteiger charge is -2.09. The lowest BCUT2D eigenvalue weighted by atomic mass is 10.1. The molecule has 0 aliphatic heterocycles. The quantitative estimate of drug-likeness (QED) is 0.708. The first-order valence-corrected chi connectivity index (χ1v) is 6.56. The van der Waals surface area contributed by atoms with E-state index >= 15 is 0 Å². The SMILES string of the molecule is CCC(Br)CCCc1cccc(OC)c1F. The van der Waals surface area contributed by atoms with E-state index < -0.39 is 0 Å². The van der Waals surface area contributed by atoms with Crippen LogP contribution in [-0.4, -0.2) is 11.9 Å². The van der Waals surface area contributed by atoms with E-state index in [1.54, 1.807) is 6.07 Å². The van der Waals surface area contributed by atoms with Gasteiger partial charge in [-0.3, -0.25) is 0 Å². The highest BCUT2D eigenvalue weighted by Crippen LogP contribution is 2.22. The van der Waals surface area contributed by atoms with Crippen molar-refractivity contribution in [2.24, 2.45) is 0 Å². The van der Waals surface area contributed by atoms with Gasteiger partial charge < -0.3 is 4.74 Å². The summed E-state index contributed by atoms with van der Waals surface area (Å²) in [5.74, 6) is 0.121. The van der Waals surface area contributed by atoms with Gasteiger partial charge in [-0.2, -0.15) is 0 Å². The zero-order valence-corrected chi connectivity index (χ0v) is 11.4. The summed E-state index contributed by atoms with van der Waals surface area (Å²) < 4.78 is 18.7. The number of alkyl halides is 1. The first-order valence-electron chi connectivity index (χ1n) is 5.64. The minimum Gasteiger partial charge on any atom is -0.494 e. The maximum Gasteiger partial charge on any atom is 0.168 e. The molecule has 0 bridgehead atoms. The van der Waals surface area contributed by atoms with Crippen LogP contribution in [0.2, 0.25) is 0 Å². The molecular formula is C13H18BrFO. The van der Waals surface area contributed by atoms with Gasteiger partial charge in [0.15, 0.2) is 11.6 Å². The molecule has 0 aromatic heterocycles. The van der Waals surface area contributed by atoms with Crippen molar-refractivity contribution in [2.75, 3.05) is 7.11 Å². The number of hydrogen-bond donors (Lipinski definition) is 0. The third-order valence-electron chi connectivity index (χ3n) is 2.67. The van der Waals surface area contributed by atoms with Crippen LogP contribution in [0.25, 0.3) is 0 Å². The maximum absolute atomic E-state index is 13.7. The van der Waals surface area contributed by atoms with Crippen LogP contribution in [0.5, 0.6) is 5.75 Å². The summed E-state index contributed by atoms with van der Waals surface area (Å²) in [4.78, 5) is 0.543. The molecule has 0 heterocycles. The summed E-state index contributed by atoms with van der Waals surface area (Å²) in [7, 11) is 1.49. The Balaban J connectivity index is 2.54. The Kier molecular flexibility index (Phi) is 5.81. The number of halogens is 2. The largest absolute Gasteiger partial charge is 0.494 e. The average molecular weight is 289 g/mol. The molecule has 0 fully saturated rings. The Morgan fingerprint density at radius 2 is 2.19 bits per heavy atom. The van der Waals surface area contributed by atoms with Crippen molar-refractivity contribution in [1.82, 2.24) is 0 Å². The molecule has 0 spiro atoms. The summed E-state index contributed by atoms with van der Waals surface area (Å²) >= 11 is 3.58. The van der Waals surface area contributed by atoms with E-state index in [9.17, 15) is 4.39 Å². The van der Waals surface area contributed by atoms with E-state index in [-0.39, 0.29) is 5.82 Å². The van der Waals surface area contributed by atoms with Crippen molar-refractivity contribution < 1.29 is 9.13 Å². The Hall–Kier alpha value is -0.570. The van der Waals surface area contributed by atoms with Gasteiger partial charge in [0.25, 0.3) is 0 Å². The smallest absolute Gasteiger partial charge is 0.168 e. The van der Waals surface area contributed by atoms with Crippen molar-refractivity contribution in [3.05, 3.63) is 29.6 Å². The Morgan fingerprint density at radius 1 is 1.44 bits per heavy atom. The predicted octanol–water partition coefficient (Wildman–Crippen LogP) is 4.33. The van der Waals surface area contributed by atoms with Crippen LogP contribution in [0, 0.1) is 5.82 Å². The topological polar surface area (TPSA) is 9.23 Å². The van der Waals surface area contributed by atoms with E-state index in [4.69, 9.17) is 4.74 Å². The third kappa shape index (κ3) is 3.78. The van der Waals surface area contributed by atoms with Crippen molar-refractivity contribution in [2.45, 2.75) is 37.4 Å². The summed E-state index contributed by atoms with van der Waals surface area (Å²) in [6, 6.07) is 5.31. The molecule has 0 saturated heterocycles. The van der Waals surface area contributed by atoms with E-state index in [1.165, 1.54) is 7.11 Å². The second-order valence-electron chi connectivity index (χ2n) is 3.83. The van der Waals surface area contributed by atoms with E-state index in [1.807, 2.05) is 12.1 Å². The number of rotatable bonds is 6. The minimum absolute atomic E-state index is 0.215. The summed E-state index contributed by atoms with van der Waals surface area (Å²) in [5, 5.41) is 0. The molecule has 1 unspecified atom stereocenters. The van der Waals surface area contributed by atoms with Crippen LogP contribution in [-0.2, 0) is 6.42 Å². The first-order chi connectivity index (χ1) is 7.69. The van der Waals surface area contributed by atoms with E-state index in [0.717, 1.165) is 31.2 Å². The zero-order valence-electron chi connectivity index (χ0n) is 9.80. The van der Waals surface area contributed by atoms with Crippen LogP contribution in [0.3, 0.4) is 0 Å². The molecule has 0 saturated carbocycles. The molecule has 1 aromatic rings. The van der Waals surface area contributed by atoms with Gasteiger partial charge in [0.05, 0.1) is 7.11 Å². The summed E-state index contributed by atoms with van der Waals surface area (Å²) in [6.45, 7) is 2.14. The molecule has 1 aromatic carbocycles. The lowest BCUT2D eigenvalue weighted by Crippen LogP contribution is -1.99. The van der Waals surface area contributed by atoms with Gasteiger partial charge in [-0.25, -0.2) is 4.39 Å². The van der Waals surface area contributed by atoms with Crippen molar-refractivity contribution in [3.63, 3.8) is 0 Å². The van der Waals surface area contributed by atoms with E-state index in [0.29, 0.717) is 10.6 Å². The van der Waals surface area contributed by atoms with Crippen LogP contribution in [0.15, 0.2) is 18.2 Å². The predicted molar refractivity (Wildman–Crippen MR) is 68.9 cm³/mol. The lowest BCUT2D eigenvalue weighted by molar-refractivity contribution is 0.384. The average Bonchev–Trinajstić information content (AvgIpc) is 2.31. The fourth-order valence-electron chi connectivity index (χ4n) is 1.63. The van der Waals surface area contributed by atoms with Gasteiger partial charge >= 0.3 is 0 Å². The molecule has 0 amide bonds. The molecule has 1 nitrogen and oxygen atoms in total. The standard InChI is InChI=1S/C13H18BrFO/c1-3-11(14)8-4-6-10-7-5-9-12(16-2)13(10)15/h5,7,9,11H,3-4,6,8H2,1-2H3. The summed E-state index contributed by atoms with van der Waals surface area (Å²) in [5.41, 5.74) is 0.746.